The highest BCUT2D eigenvalue weighted by molar-refractivity contribution is 4.72. The third kappa shape index (κ3) is 2.82. The van der Waals surface area contributed by atoms with Crippen molar-refractivity contribution >= 4 is 0 Å². The predicted molar refractivity (Wildman–Crippen MR) is 47.6 cm³/mol. The zero-order valence-electron chi connectivity index (χ0n) is 7.97. The average molecular weight is 156 g/mol. The van der Waals surface area contributed by atoms with Gasteiger partial charge in [-0.15, -0.1) is 0 Å². The molecular formula is C10H20O. The molecule has 0 spiro atoms. The molecule has 0 aromatic carbocycles. The summed E-state index contributed by atoms with van der Waals surface area (Å²) >= 11 is 0. The van der Waals surface area contributed by atoms with Gasteiger partial charge >= 0.3 is 0 Å². The van der Waals surface area contributed by atoms with Gasteiger partial charge in [0.2, 0.25) is 0 Å². The van der Waals surface area contributed by atoms with Gasteiger partial charge in [0, 0.05) is 0 Å². The van der Waals surface area contributed by atoms with Crippen molar-refractivity contribution in [3.63, 3.8) is 0 Å². The third-order valence-electron chi connectivity index (χ3n) is 2.48. The fraction of sp³-hybridized carbons (Fsp3) is 1.00. The first-order valence-corrected chi connectivity index (χ1v) is 4.85. The lowest BCUT2D eigenvalue weighted by atomic mass is 9.88. The summed E-state index contributed by atoms with van der Waals surface area (Å²) in [5.41, 5.74) is 0. The lowest BCUT2D eigenvalue weighted by Gasteiger charge is -2.30. The van der Waals surface area contributed by atoms with E-state index >= 15 is 0 Å². The minimum atomic E-state index is 0.403. The maximum Gasteiger partial charge on any atom is 0.0604 e. The fourth-order valence-corrected chi connectivity index (χ4v) is 1.83. The lowest BCUT2D eigenvalue weighted by Crippen LogP contribution is -2.28. The van der Waals surface area contributed by atoms with Crippen LogP contribution in [0.1, 0.15) is 46.5 Å². The smallest absolute Gasteiger partial charge is 0.0604 e. The van der Waals surface area contributed by atoms with E-state index in [1.54, 1.807) is 0 Å². The van der Waals surface area contributed by atoms with Crippen LogP contribution in [-0.4, -0.2) is 12.2 Å². The monoisotopic (exact) mass is 156 g/mol. The van der Waals surface area contributed by atoms with Crippen LogP contribution in [0.3, 0.4) is 0 Å². The molecule has 0 aliphatic heterocycles. The minimum Gasteiger partial charge on any atom is -0.375 e. The molecular weight excluding hydrogens is 136 g/mol. The Morgan fingerprint density at radius 2 is 1.82 bits per heavy atom. The normalized spacial score (nSPS) is 32.7. The van der Waals surface area contributed by atoms with E-state index in [9.17, 15) is 0 Å². The SMILES string of the molecule is CC(C)OC1CCCC[C@H]1C. The number of ether oxygens (including phenoxy) is 1. The quantitative estimate of drug-likeness (QED) is 0.597. The van der Waals surface area contributed by atoms with Crippen LogP contribution >= 0.6 is 0 Å². The Bertz CT molecular complexity index is 109. The molecule has 0 heterocycles. The predicted octanol–water partition coefficient (Wildman–Crippen LogP) is 2.99. The van der Waals surface area contributed by atoms with E-state index in [1.165, 1.54) is 25.7 Å². The molecule has 0 aromatic rings. The van der Waals surface area contributed by atoms with Crippen molar-refractivity contribution < 1.29 is 4.74 Å². The molecule has 11 heavy (non-hydrogen) atoms. The zero-order chi connectivity index (χ0) is 8.27. The Kier molecular flexibility index (Phi) is 3.38. The van der Waals surface area contributed by atoms with Gasteiger partial charge in [-0.25, -0.2) is 0 Å². The second-order valence-electron chi connectivity index (χ2n) is 3.99. The first kappa shape index (κ1) is 9.05. The molecule has 1 aliphatic carbocycles. The maximum absolute atomic E-state index is 5.80. The van der Waals surface area contributed by atoms with Crippen LogP contribution in [0.15, 0.2) is 0 Å². The molecule has 1 fully saturated rings. The second kappa shape index (κ2) is 4.10. The van der Waals surface area contributed by atoms with Crippen LogP contribution in [0.5, 0.6) is 0 Å². The first-order chi connectivity index (χ1) is 5.20. The average Bonchev–Trinajstić information content (AvgIpc) is 1.93. The highest BCUT2D eigenvalue weighted by Gasteiger charge is 2.22. The van der Waals surface area contributed by atoms with Crippen LogP contribution in [0, 0.1) is 5.92 Å². The number of rotatable bonds is 2. The molecule has 1 rings (SSSR count). The molecule has 0 N–H and O–H groups in total. The molecule has 0 aromatic heterocycles. The van der Waals surface area contributed by atoms with E-state index in [0.29, 0.717) is 12.2 Å². The van der Waals surface area contributed by atoms with Crippen molar-refractivity contribution in [1.29, 1.82) is 0 Å². The largest absolute Gasteiger partial charge is 0.375 e. The van der Waals surface area contributed by atoms with Gasteiger partial charge in [0.1, 0.15) is 0 Å². The summed E-state index contributed by atoms with van der Waals surface area (Å²) in [6.07, 6.45) is 6.35. The van der Waals surface area contributed by atoms with Gasteiger partial charge in [0.25, 0.3) is 0 Å². The Labute approximate surface area is 70.1 Å². The summed E-state index contributed by atoms with van der Waals surface area (Å²) in [7, 11) is 0. The molecule has 2 atom stereocenters. The van der Waals surface area contributed by atoms with E-state index in [0.717, 1.165) is 5.92 Å². The molecule has 1 aliphatic rings. The van der Waals surface area contributed by atoms with E-state index in [1.807, 2.05) is 0 Å². The van der Waals surface area contributed by atoms with Gasteiger partial charge in [0.05, 0.1) is 12.2 Å². The second-order valence-corrected chi connectivity index (χ2v) is 3.99. The van der Waals surface area contributed by atoms with Crippen LogP contribution < -0.4 is 0 Å². The highest BCUT2D eigenvalue weighted by Crippen LogP contribution is 2.26. The molecule has 0 bridgehead atoms. The molecule has 1 saturated carbocycles. The van der Waals surface area contributed by atoms with Gasteiger partial charge < -0.3 is 4.74 Å². The Morgan fingerprint density at radius 1 is 1.18 bits per heavy atom. The molecule has 66 valence electrons. The van der Waals surface area contributed by atoms with Crippen LogP contribution in [0.2, 0.25) is 0 Å². The number of hydrogen-bond donors (Lipinski definition) is 0. The molecule has 0 amide bonds. The van der Waals surface area contributed by atoms with Crippen molar-refractivity contribution in [3.05, 3.63) is 0 Å². The fourth-order valence-electron chi connectivity index (χ4n) is 1.83. The maximum atomic E-state index is 5.80. The Morgan fingerprint density at radius 3 is 2.36 bits per heavy atom. The van der Waals surface area contributed by atoms with Crippen LogP contribution in [0.4, 0.5) is 0 Å². The van der Waals surface area contributed by atoms with Gasteiger partial charge in [-0.05, 0) is 32.6 Å². The van der Waals surface area contributed by atoms with E-state index in [-0.39, 0.29) is 0 Å². The standard InChI is InChI=1S/C10H20O/c1-8(2)11-10-7-5-4-6-9(10)3/h8-10H,4-7H2,1-3H3/t9-,10?/m1/s1. The zero-order valence-corrected chi connectivity index (χ0v) is 7.97. The summed E-state index contributed by atoms with van der Waals surface area (Å²) < 4.78 is 5.80. The van der Waals surface area contributed by atoms with Gasteiger partial charge in [-0.3, -0.25) is 0 Å². The molecule has 0 saturated heterocycles. The Balaban J connectivity index is 2.29. The van der Waals surface area contributed by atoms with Crippen LogP contribution in [0.25, 0.3) is 0 Å². The summed E-state index contributed by atoms with van der Waals surface area (Å²) in [5, 5.41) is 0. The Hall–Kier alpha value is -0.0400. The summed E-state index contributed by atoms with van der Waals surface area (Å²) in [5.74, 6) is 0.783. The minimum absolute atomic E-state index is 0.403. The van der Waals surface area contributed by atoms with Crippen molar-refractivity contribution in [3.8, 4) is 0 Å². The van der Waals surface area contributed by atoms with Gasteiger partial charge in [-0.1, -0.05) is 19.8 Å². The van der Waals surface area contributed by atoms with Gasteiger partial charge in [-0.2, -0.15) is 0 Å². The highest BCUT2D eigenvalue weighted by atomic mass is 16.5. The molecule has 1 heteroatoms. The summed E-state index contributed by atoms with van der Waals surface area (Å²) in [6, 6.07) is 0. The van der Waals surface area contributed by atoms with Gasteiger partial charge in [0.15, 0.2) is 0 Å². The number of hydrogen-bond acceptors (Lipinski definition) is 1. The van der Waals surface area contributed by atoms with E-state index < -0.39 is 0 Å². The van der Waals surface area contributed by atoms with Crippen LogP contribution in [-0.2, 0) is 4.74 Å². The van der Waals surface area contributed by atoms with Crippen molar-refractivity contribution in [2.75, 3.05) is 0 Å². The molecule has 0 radical (unpaired) electrons. The molecule has 1 unspecified atom stereocenters. The topological polar surface area (TPSA) is 9.23 Å². The summed E-state index contributed by atoms with van der Waals surface area (Å²) in [6.45, 7) is 6.56. The third-order valence-corrected chi connectivity index (χ3v) is 2.48. The first-order valence-electron chi connectivity index (χ1n) is 4.85. The van der Waals surface area contributed by atoms with Crippen molar-refractivity contribution in [2.45, 2.75) is 58.7 Å². The van der Waals surface area contributed by atoms with Crippen molar-refractivity contribution in [1.82, 2.24) is 0 Å². The molecule has 1 nitrogen and oxygen atoms in total. The van der Waals surface area contributed by atoms with E-state index in [2.05, 4.69) is 20.8 Å². The summed E-state index contributed by atoms with van der Waals surface area (Å²) in [4.78, 5) is 0. The van der Waals surface area contributed by atoms with E-state index in [4.69, 9.17) is 4.74 Å². The van der Waals surface area contributed by atoms with Crippen molar-refractivity contribution in [2.24, 2.45) is 5.92 Å². The lowest BCUT2D eigenvalue weighted by molar-refractivity contribution is -0.0400.